The molecule has 0 bridgehead atoms. The molecule has 2 rings (SSSR count). The minimum Gasteiger partial charge on any atom is -0.276 e. The Labute approximate surface area is 138 Å². The Bertz CT molecular complexity index is 591. The van der Waals surface area contributed by atoms with Gasteiger partial charge in [0.25, 0.3) is 0 Å². The van der Waals surface area contributed by atoms with Gasteiger partial charge < -0.3 is 0 Å². The first-order valence-corrected chi connectivity index (χ1v) is 14.9. The van der Waals surface area contributed by atoms with Crippen LogP contribution in [0.1, 0.15) is 0 Å². The largest absolute Gasteiger partial charge is 0.276 e. The summed E-state index contributed by atoms with van der Waals surface area (Å²) in [6.45, 7) is 13.8. The van der Waals surface area contributed by atoms with Gasteiger partial charge in [0.15, 0.2) is 0 Å². The van der Waals surface area contributed by atoms with E-state index < -0.39 is 16.1 Å². The Morgan fingerprint density at radius 3 is 1.67 bits per heavy atom. The molecule has 0 saturated heterocycles. The van der Waals surface area contributed by atoms with Crippen LogP contribution in [-0.4, -0.2) is 35.7 Å². The summed E-state index contributed by atoms with van der Waals surface area (Å²) in [5.41, 5.74) is 0. The minimum absolute atomic E-state index is 1.14. The van der Waals surface area contributed by atoms with Gasteiger partial charge in [0.05, 0.1) is 9.79 Å². The molecular formula is C14H27BrN4Si2. The highest BCUT2D eigenvalue weighted by Crippen LogP contribution is 2.10. The number of aryl methyl sites for hydroxylation is 2. The Balaban J connectivity index is 0.000000211. The zero-order valence-corrected chi connectivity index (χ0v) is 18.0. The Morgan fingerprint density at radius 2 is 1.48 bits per heavy atom. The monoisotopic (exact) mass is 386 g/mol. The molecular weight excluding hydrogens is 360 g/mol. The highest BCUT2D eigenvalue weighted by molar-refractivity contribution is 9.10. The lowest BCUT2D eigenvalue weighted by Crippen LogP contribution is -2.39. The van der Waals surface area contributed by atoms with E-state index in [0.717, 1.165) is 4.47 Å². The quantitative estimate of drug-likeness (QED) is 0.743. The molecule has 2 aromatic rings. The van der Waals surface area contributed by atoms with Gasteiger partial charge in [0.2, 0.25) is 0 Å². The van der Waals surface area contributed by atoms with Gasteiger partial charge in [0.1, 0.15) is 16.1 Å². The molecule has 4 nitrogen and oxygen atoms in total. The fraction of sp³-hybridized carbons (Fsp3) is 0.571. The van der Waals surface area contributed by atoms with Gasteiger partial charge in [-0.3, -0.25) is 9.36 Å². The summed E-state index contributed by atoms with van der Waals surface area (Å²) >= 11 is 3.50. The summed E-state index contributed by atoms with van der Waals surface area (Å²) in [5.74, 6) is 0. The van der Waals surface area contributed by atoms with Gasteiger partial charge in [-0.25, -0.2) is 0 Å². The van der Waals surface area contributed by atoms with Gasteiger partial charge in [-0.2, -0.15) is 10.2 Å². The van der Waals surface area contributed by atoms with E-state index >= 15 is 0 Å². The summed E-state index contributed by atoms with van der Waals surface area (Å²) in [5, 5.41) is 11.3. The van der Waals surface area contributed by atoms with E-state index in [1.807, 2.05) is 35.9 Å². The molecule has 0 aliphatic rings. The van der Waals surface area contributed by atoms with Crippen LogP contribution >= 0.6 is 15.9 Å². The molecule has 118 valence electrons. The van der Waals surface area contributed by atoms with Crippen LogP contribution in [0, 0.1) is 0 Å². The first-order chi connectivity index (χ1) is 9.41. The fourth-order valence-corrected chi connectivity index (χ4v) is 6.21. The predicted molar refractivity (Wildman–Crippen MR) is 100 cm³/mol. The van der Waals surface area contributed by atoms with Crippen LogP contribution in [0.2, 0.25) is 39.3 Å². The number of hydrogen-bond donors (Lipinski definition) is 0. The Kier molecular flexibility index (Phi) is 5.79. The molecule has 0 aromatic carbocycles. The number of aromatic nitrogens is 4. The molecule has 7 heteroatoms. The van der Waals surface area contributed by atoms with Crippen molar-refractivity contribution in [2.75, 3.05) is 0 Å². The SMILES string of the molecule is Cn1cc(Br)c([Si](C)(C)C)n1.Cn1ccc([Si](C)(C)C)n1. The maximum atomic E-state index is 4.41. The average molecular weight is 387 g/mol. The Morgan fingerprint density at radius 1 is 0.905 bits per heavy atom. The van der Waals surface area contributed by atoms with Gasteiger partial charge >= 0.3 is 0 Å². The zero-order valence-electron chi connectivity index (χ0n) is 14.4. The summed E-state index contributed by atoms with van der Waals surface area (Å²) in [4.78, 5) is 0. The van der Waals surface area contributed by atoms with Crippen molar-refractivity contribution in [2.24, 2.45) is 14.1 Å². The standard InChI is InChI=1S/C7H13BrN2Si.C7H14N2Si/c1-10-5-6(8)7(9-10)11(2,3)4;1-9-6-5-7(8-9)10(2,3)4/h5H,1-4H3;5-6H,1-4H3. The van der Waals surface area contributed by atoms with Gasteiger partial charge in [-0.15, -0.1) is 0 Å². The van der Waals surface area contributed by atoms with Crippen molar-refractivity contribution in [1.29, 1.82) is 0 Å². The third kappa shape index (κ3) is 5.56. The second kappa shape index (κ2) is 6.62. The van der Waals surface area contributed by atoms with E-state index in [9.17, 15) is 0 Å². The van der Waals surface area contributed by atoms with Crippen LogP contribution < -0.4 is 10.6 Å². The molecule has 0 atom stereocenters. The molecule has 0 saturated carbocycles. The smallest absolute Gasteiger partial charge is 0.105 e. The van der Waals surface area contributed by atoms with Crippen LogP contribution in [0.4, 0.5) is 0 Å². The van der Waals surface area contributed by atoms with E-state index in [0.29, 0.717) is 0 Å². The molecule has 0 unspecified atom stereocenters. The van der Waals surface area contributed by atoms with Gasteiger partial charge in [0, 0.05) is 31.8 Å². The van der Waals surface area contributed by atoms with Crippen molar-refractivity contribution in [1.82, 2.24) is 19.6 Å². The van der Waals surface area contributed by atoms with E-state index in [4.69, 9.17) is 0 Å². The highest BCUT2D eigenvalue weighted by atomic mass is 79.9. The third-order valence-electron chi connectivity index (χ3n) is 2.98. The van der Waals surface area contributed by atoms with Gasteiger partial charge in [-0.1, -0.05) is 39.3 Å². The van der Waals surface area contributed by atoms with E-state index in [2.05, 4.69) is 71.5 Å². The van der Waals surface area contributed by atoms with E-state index in [-0.39, 0.29) is 0 Å². The number of halogens is 1. The maximum Gasteiger partial charge on any atom is 0.105 e. The minimum atomic E-state index is -1.24. The number of hydrogen-bond acceptors (Lipinski definition) is 2. The maximum absolute atomic E-state index is 4.41. The first kappa shape index (κ1) is 18.4. The third-order valence-corrected chi connectivity index (χ3v) is 7.52. The van der Waals surface area contributed by atoms with E-state index in [1.165, 1.54) is 10.6 Å². The summed E-state index contributed by atoms with van der Waals surface area (Å²) in [6.07, 6.45) is 4.02. The predicted octanol–water partition coefficient (Wildman–Crippen LogP) is 2.69. The lowest BCUT2D eigenvalue weighted by molar-refractivity contribution is 0.774. The normalized spacial score (nSPS) is 12.0. The van der Waals surface area contributed by atoms with Crippen molar-refractivity contribution in [3.63, 3.8) is 0 Å². The van der Waals surface area contributed by atoms with Gasteiger partial charge in [-0.05, 0) is 22.0 Å². The fourth-order valence-electron chi connectivity index (χ4n) is 1.78. The molecule has 2 heterocycles. The molecule has 0 radical (unpaired) electrons. The summed E-state index contributed by atoms with van der Waals surface area (Å²) in [7, 11) is 1.53. The molecule has 21 heavy (non-hydrogen) atoms. The van der Waals surface area contributed by atoms with Crippen molar-refractivity contribution >= 4 is 42.7 Å². The second-order valence-electron chi connectivity index (χ2n) is 7.37. The van der Waals surface area contributed by atoms with Crippen molar-refractivity contribution in [2.45, 2.75) is 39.3 Å². The molecule has 0 aliphatic heterocycles. The summed E-state index contributed by atoms with van der Waals surface area (Å²) in [6, 6.07) is 2.12. The lowest BCUT2D eigenvalue weighted by Gasteiger charge is -2.12. The molecule has 2 aromatic heterocycles. The first-order valence-electron chi connectivity index (χ1n) is 7.11. The number of rotatable bonds is 2. The second-order valence-corrected chi connectivity index (χ2v) is 18.2. The Hall–Kier alpha value is -0.666. The van der Waals surface area contributed by atoms with Crippen LogP contribution in [0.25, 0.3) is 0 Å². The van der Waals surface area contributed by atoms with Crippen LogP contribution in [0.15, 0.2) is 22.9 Å². The van der Waals surface area contributed by atoms with E-state index in [1.54, 1.807) is 0 Å². The van der Waals surface area contributed by atoms with Crippen LogP contribution in [0.3, 0.4) is 0 Å². The molecule has 0 spiro atoms. The van der Waals surface area contributed by atoms with Crippen molar-refractivity contribution in [3.8, 4) is 0 Å². The zero-order chi connectivity index (χ0) is 16.4. The average Bonchev–Trinajstić information content (AvgIpc) is 2.84. The highest BCUT2D eigenvalue weighted by Gasteiger charge is 2.22. The molecule has 0 amide bonds. The number of nitrogens with zero attached hydrogens (tertiary/aromatic N) is 4. The molecule has 0 N–H and O–H groups in total. The van der Waals surface area contributed by atoms with Crippen molar-refractivity contribution in [3.05, 3.63) is 22.9 Å². The molecule has 0 aliphatic carbocycles. The van der Waals surface area contributed by atoms with Crippen LogP contribution in [0.5, 0.6) is 0 Å². The van der Waals surface area contributed by atoms with Crippen LogP contribution in [-0.2, 0) is 14.1 Å². The molecule has 0 fully saturated rings. The lowest BCUT2D eigenvalue weighted by atomic mass is 10.7. The van der Waals surface area contributed by atoms with Crippen molar-refractivity contribution < 1.29 is 0 Å². The summed E-state index contributed by atoms with van der Waals surface area (Å²) < 4.78 is 4.88. The topological polar surface area (TPSA) is 35.6 Å².